The Balaban J connectivity index is 0.000000175. The molecule has 4 aromatic rings. The van der Waals surface area contributed by atoms with E-state index in [1.165, 1.54) is 11.6 Å². The van der Waals surface area contributed by atoms with Crippen molar-refractivity contribution in [2.24, 2.45) is 0 Å². The third-order valence-electron chi connectivity index (χ3n) is 10.0. The molecule has 0 aromatic heterocycles. The number of carbonyl (C=O) groups is 5. The topological polar surface area (TPSA) is 108 Å². The number of halogens is 5. The molecule has 10 nitrogen and oxygen atoms in total. The van der Waals surface area contributed by atoms with E-state index < -0.39 is 0 Å². The molecule has 56 heavy (non-hydrogen) atoms. The monoisotopic (exact) mass is 896 g/mol. The molecule has 0 saturated carbocycles. The van der Waals surface area contributed by atoms with E-state index in [1.807, 2.05) is 30.3 Å². The Labute approximate surface area is 351 Å². The maximum Gasteiger partial charge on any atom is 0.332 e. The lowest BCUT2D eigenvalue weighted by Gasteiger charge is -2.24. The lowest BCUT2D eigenvalue weighted by molar-refractivity contribution is -0.137. The molecule has 4 aliphatic rings. The van der Waals surface area contributed by atoms with Gasteiger partial charge in [0.1, 0.15) is 13.1 Å². The van der Waals surface area contributed by atoms with Gasteiger partial charge in [0.25, 0.3) is 11.8 Å². The Morgan fingerprint density at radius 3 is 1.64 bits per heavy atom. The van der Waals surface area contributed by atoms with Crippen LogP contribution < -0.4 is 9.80 Å². The lowest BCUT2D eigenvalue weighted by Crippen LogP contribution is -2.34. The van der Waals surface area contributed by atoms with Crippen molar-refractivity contribution in [3.05, 3.63) is 131 Å². The highest BCUT2D eigenvalue weighted by molar-refractivity contribution is 9.10. The SMILES string of the molecule is CCOC(=O)/C=C/c1ccc2c(c1)CCC2N1CC(=O)N(c2cc(Cl)cc(Cl)c2)C1=O.O=C1CN(C2CCc3cc(Br)ccc32)C(=O)N1c1cc(Cl)cc(Cl)c1. The number of hydrogen-bond donors (Lipinski definition) is 0. The third kappa shape index (κ3) is 8.19. The van der Waals surface area contributed by atoms with Crippen LogP contribution in [-0.4, -0.2) is 59.3 Å². The Bertz CT molecular complexity index is 2280. The minimum absolute atomic E-state index is 0.00240. The quantitative estimate of drug-likeness (QED) is 0.104. The van der Waals surface area contributed by atoms with Crippen molar-refractivity contribution in [1.29, 1.82) is 0 Å². The number of carbonyl (C=O) groups excluding carboxylic acids is 5. The average molecular weight is 899 g/mol. The van der Waals surface area contributed by atoms with Gasteiger partial charge in [0.2, 0.25) is 0 Å². The second kappa shape index (κ2) is 16.6. The molecule has 2 aliphatic heterocycles. The fraction of sp³-hybridized carbons (Fsp3) is 0.244. The van der Waals surface area contributed by atoms with Gasteiger partial charge in [-0.3, -0.25) is 9.59 Å². The molecule has 2 unspecified atom stereocenters. The minimum Gasteiger partial charge on any atom is -0.463 e. The second-order valence-electron chi connectivity index (χ2n) is 13.5. The van der Waals surface area contributed by atoms with E-state index in [-0.39, 0.29) is 55.0 Å². The van der Waals surface area contributed by atoms with Gasteiger partial charge in [0.15, 0.2) is 0 Å². The van der Waals surface area contributed by atoms with Crippen LogP contribution in [0.4, 0.5) is 21.0 Å². The van der Waals surface area contributed by atoms with Gasteiger partial charge < -0.3 is 14.5 Å². The van der Waals surface area contributed by atoms with Crippen molar-refractivity contribution in [2.45, 2.75) is 44.7 Å². The Morgan fingerprint density at radius 1 is 0.696 bits per heavy atom. The number of nitrogens with zero attached hydrogens (tertiary/aromatic N) is 4. The fourth-order valence-corrected chi connectivity index (χ4v) is 9.09. The number of aryl methyl sites for hydroxylation is 2. The largest absolute Gasteiger partial charge is 0.463 e. The van der Waals surface area contributed by atoms with Crippen LogP contribution >= 0.6 is 62.3 Å². The van der Waals surface area contributed by atoms with Crippen LogP contribution in [-0.2, 0) is 32.0 Å². The van der Waals surface area contributed by atoms with E-state index in [0.717, 1.165) is 62.2 Å². The second-order valence-corrected chi connectivity index (χ2v) is 16.2. The molecule has 2 heterocycles. The summed E-state index contributed by atoms with van der Waals surface area (Å²) in [6.45, 7) is 2.14. The first-order chi connectivity index (χ1) is 26.8. The van der Waals surface area contributed by atoms with Crippen LogP contribution in [0, 0.1) is 0 Å². The van der Waals surface area contributed by atoms with E-state index in [1.54, 1.807) is 59.2 Å². The predicted molar refractivity (Wildman–Crippen MR) is 220 cm³/mol. The summed E-state index contributed by atoms with van der Waals surface area (Å²) in [5.74, 6) is -0.970. The van der Waals surface area contributed by atoms with Crippen molar-refractivity contribution >= 4 is 110 Å². The zero-order valence-corrected chi connectivity index (χ0v) is 34.4. The van der Waals surface area contributed by atoms with Gasteiger partial charge in [-0.1, -0.05) is 86.6 Å². The molecule has 0 radical (unpaired) electrons. The van der Waals surface area contributed by atoms with Crippen LogP contribution in [0.25, 0.3) is 6.08 Å². The summed E-state index contributed by atoms with van der Waals surface area (Å²) in [5, 5.41) is 1.49. The first-order valence-electron chi connectivity index (χ1n) is 17.8. The number of imide groups is 2. The molecule has 288 valence electrons. The van der Waals surface area contributed by atoms with E-state index in [0.29, 0.717) is 38.1 Å². The molecule has 2 fully saturated rings. The van der Waals surface area contributed by atoms with Crippen LogP contribution in [0.3, 0.4) is 0 Å². The Morgan fingerprint density at radius 2 is 1.16 bits per heavy atom. The molecule has 2 saturated heterocycles. The predicted octanol–water partition coefficient (Wildman–Crippen LogP) is 10.2. The van der Waals surface area contributed by atoms with Crippen LogP contribution in [0.1, 0.15) is 59.7 Å². The van der Waals surface area contributed by atoms with Crippen molar-refractivity contribution in [3.63, 3.8) is 0 Å². The molecular formula is C41H33BrCl4N4O6. The summed E-state index contributed by atoms with van der Waals surface area (Å²) in [4.78, 5) is 68.3. The molecule has 4 aromatic carbocycles. The molecule has 6 amide bonds. The molecule has 8 rings (SSSR count). The summed E-state index contributed by atoms with van der Waals surface area (Å²) < 4.78 is 5.92. The van der Waals surface area contributed by atoms with Gasteiger partial charge in [0, 0.05) is 30.6 Å². The Hall–Kier alpha value is -4.39. The first-order valence-corrected chi connectivity index (χ1v) is 20.1. The van der Waals surface area contributed by atoms with E-state index in [9.17, 15) is 24.0 Å². The van der Waals surface area contributed by atoms with E-state index in [4.69, 9.17) is 51.1 Å². The number of amides is 6. The fourth-order valence-electron chi connectivity index (χ4n) is 7.66. The summed E-state index contributed by atoms with van der Waals surface area (Å²) in [6, 6.07) is 20.3. The smallest absolute Gasteiger partial charge is 0.332 e. The zero-order chi connectivity index (χ0) is 39.8. The van der Waals surface area contributed by atoms with Crippen LogP contribution in [0.2, 0.25) is 20.1 Å². The van der Waals surface area contributed by atoms with Gasteiger partial charge in [-0.05, 0) is 115 Å². The van der Waals surface area contributed by atoms with Gasteiger partial charge in [-0.15, -0.1) is 0 Å². The molecule has 2 aliphatic carbocycles. The lowest BCUT2D eigenvalue weighted by atomic mass is 10.0. The number of benzene rings is 4. The summed E-state index contributed by atoms with van der Waals surface area (Å²) in [5.41, 5.74) is 6.09. The number of anilines is 2. The molecule has 0 spiro atoms. The highest BCUT2D eigenvalue weighted by Gasteiger charge is 2.44. The molecule has 15 heteroatoms. The maximum absolute atomic E-state index is 13.1. The first kappa shape index (κ1) is 39.8. The van der Waals surface area contributed by atoms with Crippen molar-refractivity contribution in [3.8, 4) is 0 Å². The van der Waals surface area contributed by atoms with Crippen LogP contribution in [0.5, 0.6) is 0 Å². The molecule has 2 atom stereocenters. The minimum atomic E-state index is -0.386. The average Bonchev–Trinajstić information content (AvgIpc) is 3.89. The van der Waals surface area contributed by atoms with Crippen molar-refractivity contribution < 1.29 is 28.7 Å². The molecular weight excluding hydrogens is 866 g/mol. The van der Waals surface area contributed by atoms with Crippen molar-refractivity contribution in [2.75, 3.05) is 29.5 Å². The normalized spacial score (nSPS) is 18.9. The van der Waals surface area contributed by atoms with Crippen LogP contribution in [0.15, 0.2) is 83.3 Å². The van der Waals surface area contributed by atoms with E-state index >= 15 is 0 Å². The van der Waals surface area contributed by atoms with Gasteiger partial charge >= 0.3 is 18.0 Å². The molecule has 0 N–H and O–H groups in total. The summed E-state index contributed by atoms with van der Waals surface area (Å²) in [6.07, 6.45) is 6.32. The number of fused-ring (bicyclic) bond motifs is 2. The third-order valence-corrected chi connectivity index (χ3v) is 11.4. The number of esters is 1. The summed E-state index contributed by atoms with van der Waals surface area (Å²) in [7, 11) is 0. The highest BCUT2D eigenvalue weighted by atomic mass is 79.9. The molecule has 0 bridgehead atoms. The maximum atomic E-state index is 13.1. The van der Waals surface area contributed by atoms with Gasteiger partial charge in [-0.25, -0.2) is 24.2 Å². The zero-order valence-electron chi connectivity index (χ0n) is 29.8. The number of urea groups is 2. The number of hydrogen-bond acceptors (Lipinski definition) is 6. The van der Waals surface area contributed by atoms with Gasteiger partial charge in [-0.2, -0.15) is 0 Å². The Kier molecular flexibility index (Phi) is 11.8. The highest BCUT2D eigenvalue weighted by Crippen LogP contribution is 2.41. The van der Waals surface area contributed by atoms with E-state index in [2.05, 4.69) is 22.0 Å². The standard InChI is InChI=1S/C23H20Cl2N2O4.C18H13BrCl2N2O2/c1-2-31-22(29)8-4-14-3-6-19-15(9-14)5-7-20(19)26-13-21(28)27(23(26)30)18-11-16(24)10-17(25)12-18;19-11-2-3-15-10(5-11)1-4-16(15)22-9-17(24)23(18(22)25)14-7-12(20)6-13(21)8-14/h3-4,6,8-12,20H,2,5,7,13H2,1H3;2-3,5-8,16H,1,4,9H2/b8-4+;. The number of rotatable bonds is 7. The van der Waals surface area contributed by atoms with Gasteiger partial charge in [0.05, 0.1) is 30.1 Å². The van der Waals surface area contributed by atoms with Crippen molar-refractivity contribution in [1.82, 2.24) is 9.80 Å². The number of ether oxygens (including phenoxy) is 1. The summed E-state index contributed by atoms with van der Waals surface area (Å²) >= 11 is 27.6.